The van der Waals surface area contributed by atoms with E-state index in [9.17, 15) is 0 Å². The summed E-state index contributed by atoms with van der Waals surface area (Å²) in [5.41, 5.74) is 0. The summed E-state index contributed by atoms with van der Waals surface area (Å²) in [6.45, 7) is 4.93. The monoisotopic (exact) mass is 214 g/mol. The summed E-state index contributed by atoms with van der Waals surface area (Å²) >= 11 is 0. The van der Waals surface area contributed by atoms with Crippen LogP contribution in [0.5, 0.6) is 0 Å². The lowest BCUT2D eigenvalue weighted by Gasteiger charge is -2.30. The smallest absolute Gasteiger partial charge is 0.0603 e. The largest absolute Gasteiger partial charge is 0.393 e. The van der Waals surface area contributed by atoms with Crippen molar-refractivity contribution in [1.29, 1.82) is 0 Å². The van der Waals surface area contributed by atoms with Gasteiger partial charge in [-0.15, -0.1) is 0 Å². The van der Waals surface area contributed by atoms with Gasteiger partial charge in [-0.25, -0.2) is 0 Å². The summed E-state index contributed by atoms with van der Waals surface area (Å²) in [5.74, 6) is 0.783. The van der Waals surface area contributed by atoms with Gasteiger partial charge in [-0.3, -0.25) is 0 Å². The van der Waals surface area contributed by atoms with Crippen LogP contribution in [-0.2, 0) is 4.74 Å². The Bertz CT molecular complexity index is 157. The van der Waals surface area contributed by atoms with Crippen LogP contribution in [0.15, 0.2) is 0 Å². The molecule has 90 valence electrons. The normalized spacial score (nSPS) is 29.0. The third kappa shape index (κ3) is 4.98. The molecule has 0 amide bonds. The molecule has 0 heterocycles. The van der Waals surface area contributed by atoms with Crippen LogP contribution in [0.25, 0.3) is 0 Å². The lowest BCUT2D eigenvalue weighted by Crippen LogP contribution is -2.27. The molecule has 3 unspecified atom stereocenters. The maximum absolute atomic E-state index is 9.13. The third-order valence-corrected chi connectivity index (χ3v) is 3.46. The summed E-state index contributed by atoms with van der Waals surface area (Å²) in [7, 11) is 0. The van der Waals surface area contributed by atoms with Crippen molar-refractivity contribution < 1.29 is 9.84 Å². The highest BCUT2D eigenvalue weighted by atomic mass is 16.5. The molecule has 0 radical (unpaired) electrons. The molecule has 0 bridgehead atoms. The molecule has 1 N–H and O–H groups in total. The van der Waals surface area contributed by atoms with Gasteiger partial charge in [-0.1, -0.05) is 26.2 Å². The second-order valence-corrected chi connectivity index (χ2v) is 4.85. The number of aliphatic hydroxyl groups is 1. The first-order valence-electron chi connectivity index (χ1n) is 6.53. The summed E-state index contributed by atoms with van der Waals surface area (Å²) < 4.78 is 5.93. The standard InChI is InChI=1S/C13H26O2/c1-3-12-8-4-5-9-13(12)15-10-6-7-11(2)14/h11-14H,3-10H2,1-2H3. The van der Waals surface area contributed by atoms with Crippen LogP contribution in [0.4, 0.5) is 0 Å². The Hall–Kier alpha value is -0.0800. The highest BCUT2D eigenvalue weighted by Crippen LogP contribution is 2.29. The van der Waals surface area contributed by atoms with E-state index in [2.05, 4.69) is 6.92 Å². The molecule has 1 rings (SSSR count). The van der Waals surface area contributed by atoms with E-state index in [-0.39, 0.29) is 6.10 Å². The van der Waals surface area contributed by atoms with E-state index in [1.54, 1.807) is 0 Å². The molecule has 1 aliphatic rings. The second-order valence-electron chi connectivity index (χ2n) is 4.85. The molecule has 0 aromatic heterocycles. The zero-order chi connectivity index (χ0) is 11.1. The Labute approximate surface area is 94.0 Å². The number of hydrogen-bond donors (Lipinski definition) is 1. The van der Waals surface area contributed by atoms with Gasteiger partial charge in [-0.05, 0) is 38.5 Å². The predicted molar refractivity (Wildman–Crippen MR) is 62.9 cm³/mol. The molecule has 15 heavy (non-hydrogen) atoms. The van der Waals surface area contributed by atoms with E-state index in [4.69, 9.17) is 9.84 Å². The first-order valence-corrected chi connectivity index (χ1v) is 6.53. The fourth-order valence-corrected chi connectivity index (χ4v) is 2.47. The molecular weight excluding hydrogens is 188 g/mol. The van der Waals surface area contributed by atoms with Gasteiger partial charge in [0.15, 0.2) is 0 Å². The van der Waals surface area contributed by atoms with Gasteiger partial charge in [0.1, 0.15) is 0 Å². The Kier molecular flexibility index (Phi) is 6.26. The van der Waals surface area contributed by atoms with Crippen molar-refractivity contribution in [1.82, 2.24) is 0 Å². The molecule has 3 atom stereocenters. The van der Waals surface area contributed by atoms with Crippen molar-refractivity contribution in [3.05, 3.63) is 0 Å². The summed E-state index contributed by atoms with van der Waals surface area (Å²) in [4.78, 5) is 0. The molecule has 1 fully saturated rings. The molecule has 0 saturated heterocycles. The minimum absolute atomic E-state index is 0.179. The van der Waals surface area contributed by atoms with E-state index >= 15 is 0 Å². The van der Waals surface area contributed by atoms with Crippen molar-refractivity contribution in [2.24, 2.45) is 5.92 Å². The average molecular weight is 214 g/mol. The third-order valence-electron chi connectivity index (χ3n) is 3.46. The maximum atomic E-state index is 9.13. The van der Waals surface area contributed by atoms with Crippen molar-refractivity contribution in [3.8, 4) is 0 Å². The van der Waals surface area contributed by atoms with Gasteiger partial charge in [-0.2, -0.15) is 0 Å². The minimum Gasteiger partial charge on any atom is -0.393 e. The van der Waals surface area contributed by atoms with E-state index < -0.39 is 0 Å². The van der Waals surface area contributed by atoms with Crippen molar-refractivity contribution in [2.75, 3.05) is 6.61 Å². The Morgan fingerprint density at radius 3 is 2.73 bits per heavy atom. The maximum Gasteiger partial charge on any atom is 0.0603 e. The predicted octanol–water partition coefficient (Wildman–Crippen LogP) is 3.13. The summed E-state index contributed by atoms with van der Waals surface area (Å²) in [6.07, 6.45) is 8.73. The Morgan fingerprint density at radius 1 is 1.33 bits per heavy atom. The Balaban J connectivity index is 2.12. The molecule has 0 aliphatic heterocycles. The van der Waals surface area contributed by atoms with E-state index in [0.717, 1.165) is 25.4 Å². The first kappa shape index (κ1) is 13.0. The van der Waals surface area contributed by atoms with Gasteiger partial charge < -0.3 is 9.84 Å². The highest BCUT2D eigenvalue weighted by Gasteiger charge is 2.23. The topological polar surface area (TPSA) is 29.5 Å². The number of ether oxygens (including phenoxy) is 1. The molecule has 0 aromatic carbocycles. The van der Waals surface area contributed by atoms with E-state index in [0.29, 0.717) is 6.10 Å². The number of aliphatic hydroxyl groups excluding tert-OH is 1. The highest BCUT2D eigenvalue weighted by molar-refractivity contribution is 4.74. The SMILES string of the molecule is CCC1CCCCC1OCCCC(C)O. The zero-order valence-electron chi connectivity index (χ0n) is 10.2. The quantitative estimate of drug-likeness (QED) is 0.688. The van der Waals surface area contributed by atoms with Crippen molar-refractivity contribution in [3.63, 3.8) is 0 Å². The number of rotatable bonds is 6. The molecule has 2 heteroatoms. The minimum atomic E-state index is -0.179. The average Bonchev–Trinajstić information content (AvgIpc) is 2.24. The summed E-state index contributed by atoms with van der Waals surface area (Å²) in [6, 6.07) is 0. The fraction of sp³-hybridized carbons (Fsp3) is 1.00. The lowest BCUT2D eigenvalue weighted by atomic mass is 9.85. The van der Waals surface area contributed by atoms with Crippen LogP contribution in [0.2, 0.25) is 0 Å². The van der Waals surface area contributed by atoms with Gasteiger partial charge in [0.25, 0.3) is 0 Å². The van der Waals surface area contributed by atoms with Crippen molar-refractivity contribution in [2.45, 2.75) is 71.0 Å². The molecule has 0 aromatic rings. The van der Waals surface area contributed by atoms with Gasteiger partial charge in [0.05, 0.1) is 12.2 Å². The number of hydrogen-bond acceptors (Lipinski definition) is 2. The lowest BCUT2D eigenvalue weighted by molar-refractivity contribution is -0.0160. The van der Waals surface area contributed by atoms with Gasteiger partial charge in [0.2, 0.25) is 0 Å². The molecule has 0 spiro atoms. The molecular formula is C13H26O2. The van der Waals surface area contributed by atoms with E-state index in [1.165, 1.54) is 32.1 Å². The van der Waals surface area contributed by atoms with Crippen LogP contribution in [-0.4, -0.2) is 23.9 Å². The van der Waals surface area contributed by atoms with Gasteiger partial charge in [0, 0.05) is 6.61 Å². The molecule has 1 saturated carbocycles. The van der Waals surface area contributed by atoms with Crippen LogP contribution < -0.4 is 0 Å². The molecule has 1 aliphatic carbocycles. The second kappa shape index (κ2) is 7.24. The van der Waals surface area contributed by atoms with E-state index in [1.807, 2.05) is 6.92 Å². The van der Waals surface area contributed by atoms with Gasteiger partial charge >= 0.3 is 0 Å². The van der Waals surface area contributed by atoms with Crippen LogP contribution in [0, 0.1) is 5.92 Å². The van der Waals surface area contributed by atoms with Crippen LogP contribution in [0.3, 0.4) is 0 Å². The molecule has 2 nitrogen and oxygen atoms in total. The zero-order valence-corrected chi connectivity index (χ0v) is 10.2. The Morgan fingerprint density at radius 2 is 2.07 bits per heavy atom. The van der Waals surface area contributed by atoms with Crippen LogP contribution >= 0.6 is 0 Å². The van der Waals surface area contributed by atoms with Crippen molar-refractivity contribution >= 4 is 0 Å². The van der Waals surface area contributed by atoms with Crippen LogP contribution in [0.1, 0.15) is 58.8 Å². The summed E-state index contributed by atoms with van der Waals surface area (Å²) in [5, 5.41) is 9.13. The first-order chi connectivity index (χ1) is 7.24. The fourth-order valence-electron chi connectivity index (χ4n) is 2.47.